The van der Waals surface area contributed by atoms with Gasteiger partial charge in [-0.05, 0) is 45.2 Å². The Morgan fingerprint density at radius 2 is 2.04 bits per heavy atom. The van der Waals surface area contributed by atoms with Crippen LogP contribution in [0.3, 0.4) is 0 Å². The number of carbonyl (C=O) groups is 1. The van der Waals surface area contributed by atoms with E-state index >= 15 is 0 Å². The average molecular weight is 351 g/mol. The number of esters is 1. The van der Waals surface area contributed by atoms with Gasteiger partial charge in [0.25, 0.3) is 11.3 Å². The fourth-order valence-electron chi connectivity index (χ4n) is 3.32. The molecule has 1 aromatic heterocycles. The minimum absolute atomic E-state index is 0.435. The highest BCUT2D eigenvalue weighted by molar-refractivity contribution is 7.80. The number of hydrogen-bond donors (Lipinski definition) is 1. The van der Waals surface area contributed by atoms with Gasteiger partial charge in [-0.25, -0.2) is 9.00 Å². The van der Waals surface area contributed by atoms with E-state index in [0.29, 0.717) is 11.3 Å². The lowest BCUT2D eigenvalue weighted by molar-refractivity contribution is -0.145. The molecule has 1 aliphatic carbocycles. The molecule has 6 nitrogen and oxygen atoms in total. The van der Waals surface area contributed by atoms with E-state index in [0.717, 1.165) is 41.1 Å². The van der Waals surface area contributed by atoms with E-state index in [1.165, 1.54) is 12.7 Å². The molecule has 130 valence electrons. The summed E-state index contributed by atoms with van der Waals surface area (Å²) in [4.78, 5) is 12.0. The van der Waals surface area contributed by atoms with E-state index in [1.54, 1.807) is 26.0 Å². The Bertz CT molecular complexity index is 811. The summed E-state index contributed by atoms with van der Waals surface area (Å²) in [5, 5.41) is 1.04. The molecule has 0 radical (unpaired) electrons. The lowest BCUT2D eigenvalue weighted by Gasteiger charge is -2.34. The zero-order valence-corrected chi connectivity index (χ0v) is 14.8. The number of fused-ring (bicyclic) bond motifs is 3. The highest BCUT2D eigenvalue weighted by Crippen LogP contribution is 2.36. The predicted molar refractivity (Wildman–Crippen MR) is 92.2 cm³/mol. The van der Waals surface area contributed by atoms with Gasteiger partial charge >= 0.3 is 5.97 Å². The van der Waals surface area contributed by atoms with Crippen molar-refractivity contribution >= 4 is 33.9 Å². The van der Waals surface area contributed by atoms with Crippen molar-refractivity contribution in [2.24, 2.45) is 0 Å². The molecule has 1 heterocycles. The quantitative estimate of drug-likeness (QED) is 0.676. The topological polar surface area (TPSA) is 80.0 Å². The summed E-state index contributed by atoms with van der Waals surface area (Å²) in [5.41, 5.74) is 1.04. The van der Waals surface area contributed by atoms with Crippen molar-refractivity contribution in [3.63, 3.8) is 0 Å². The molecule has 7 heteroatoms. The fourth-order valence-corrected chi connectivity index (χ4v) is 4.08. The van der Waals surface area contributed by atoms with Gasteiger partial charge in [-0.15, -0.1) is 0 Å². The summed E-state index contributed by atoms with van der Waals surface area (Å²) >= 11 is -2.39. The second kappa shape index (κ2) is 6.22. The standard InChI is InChI=1S/C17H21NO5S/c1-17(2,16(19)22-3)18(24(20)21)11-8-9-13-12-6-4-5-7-14(12)23-15(13)10-11/h8-10H,4-7H2,1-3H3,(H,20,21). The lowest BCUT2D eigenvalue weighted by atomic mass is 9.96. The van der Waals surface area contributed by atoms with Gasteiger partial charge in [0.15, 0.2) is 0 Å². The van der Waals surface area contributed by atoms with Crippen LogP contribution in [0.2, 0.25) is 0 Å². The molecule has 1 aromatic carbocycles. The van der Waals surface area contributed by atoms with Crippen molar-refractivity contribution in [1.29, 1.82) is 0 Å². The minimum Gasteiger partial charge on any atom is -0.467 e. The molecule has 0 amide bonds. The lowest BCUT2D eigenvalue weighted by Crippen LogP contribution is -2.51. The van der Waals surface area contributed by atoms with Crippen molar-refractivity contribution in [3.05, 3.63) is 29.5 Å². The molecular formula is C17H21NO5S. The fraction of sp³-hybridized carbons (Fsp3) is 0.471. The van der Waals surface area contributed by atoms with Crippen molar-refractivity contribution in [3.8, 4) is 0 Å². The molecule has 0 saturated carbocycles. The Labute approximate surface area is 143 Å². The molecule has 3 rings (SSSR count). The van der Waals surface area contributed by atoms with E-state index in [4.69, 9.17) is 9.15 Å². The Balaban J connectivity index is 2.09. The molecule has 0 spiro atoms. The number of methoxy groups -OCH3 is 1. The number of rotatable bonds is 4. The molecule has 2 aromatic rings. The Hall–Kier alpha value is -1.86. The number of benzene rings is 1. The Morgan fingerprint density at radius 1 is 1.33 bits per heavy atom. The first-order valence-electron chi connectivity index (χ1n) is 7.90. The normalized spacial score (nSPS) is 15.8. The van der Waals surface area contributed by atoms with Crippen LogP contribution in [-0.2, 0) is 33.6 Å². The molecule has 1 N–H and O–H groups in total. The summed E-state index contributed by atoms with van der Waals surface area (Å²) < 4.78 is 33.5. The summed E-state index contributed by atoms with van der Waals surface area (Å²) in [6.45, 7) is 3.09. The molecule has 1 unspecified atom stereocenters. The molecule has 0 bridgehead atoms. The number of ether oxygens (including phenoxy) is 1. The highest BCUT2D eigenvalue weighted by atomic mass is 32.2. The molecule has 24 heavy (non-hydrogen) atoms. The monoisotopic (exact) mass is 351 g/mol. The number of furan rings is 1. The maximum Gasteiger partial charge on any atom is 0.332 e. The first-order valence-corrected chi connectivity index (χ1v) is 8.96. The number of hydrogen-bond acceptors (Lipinski definition) is 4. The molecule has 1 atom stereocenters. The predicted octanol–water partition coefficient (Wildman–Crippen LogP) is 3.21. The SMILES string of the molecule is COC(=O)C(C)(C)N(c1ccc2c3c(oc2c1)CCCC3)S(=O)O. The van der Waals surface area contributed by atoms with Crippen LogP contribution >= 0.6 is 0 Å². The first kappa shape index (κ1) is 17.0. The van der Waals surface area contributed by atoms with Crippen molar-refractivity contribution in [1.82, 2.24) is 0 Å². The molecule has 0 fully saturated rings. The van der Waals surface area contributed by atoms with E-state index < -0.39 is 22.8 Å². The van der Waals surface area contributed by atoms with Crippen molar-refractivity contribution in [2.75, 3.05) is 11.4 Å². The summed E-state index contributed by atoms with van der Waals surface area (Å²) in [6.07, 6.45) is 4.17. The molecular weight excluding hydrogens is 330 g/mol. The van der Waals surface area contributed by atoms with Gasteiger partial charge < -0.3 is 9.15 Å². The van der Waals surface area contributed by atoms with E-state index in [1.807, 2.05) is 6.07 Å². The van der Waals surface area contributed by atoms with Gasteiger partial charge in [-0.2, -0.15) is 0 Å². The van der Waals surface area contributed by atoms with Gasteiger partial charge in [-0.3, -0.25) is 8.86 Å². The van der Waals surface area contributed by atoms with Crippen molar-refractivity contribution < 1.29 is 22.7 Å². The largest absolute Gasteiger partial charge is 0.467 e. The number of aryl methyl sites for hydroxylation is 2. The van der Waals surface area contributed by atoms with Crippen LogP contribution in [0.4, 0.5) is 5.69 Å². The third-order valence-electron chi connectivity index (χ3n) is 4.52. The zero-order valence-electron chi connectivity index (χ0n) is 14.0. The Kier molecular flexibility index (Phi) is 4.40. The van der Waals surface area contributed by atoms with Crippen LogP contribution < -0.4 is 4.31 Å². The third-order valence-corrected chi connectivity index (χ3v) is 5.50. The Morgan fingerprint density at radius 3 is 2.71 bits per heavy atom. The maximum absolute atomic E-state index is 12.0. The van der Waals surface area contributed by atoms with Crippen LogP contribution in [0.1, 0.15) is 38.0 Å². The summed E-state index contributed by atoms with van der Waals surface area (Å²) in [7, 11) is 1.26. The van der Waals surface area contributed by atoms with Crippen LogP contribution in [-0.4, -0.2) is 27.4 Å². The average Bonchev–Trinajstić information content (AvgIpc) is 2.91. The van der Waals surface area contributed by atoms with E-state index in [9.17, 15) is 13.6 Å². The van der Waals surface area contributed by atoms with Gasteiger partial charge in [0, 0.05) is 23.4 Å². The molecule has 0 aliphatic heterocycles. The van der Waals surface area contributed by atoms with Crippen LogP contribution in [0.15, 0.2) is 22.6 Å². The number of carbonyl (C=O) groups excluding carboxylic acids is 1. The molecule has 0 saturated heterocycles. The van der Waals surface area contributed by atoms with Gasteiger partial charge in [-0.1, -0.05) is 0 Å². The number of nitrogens with zero attached hydrogens (tertiary/aromatic N) is 1. The third kappa shape index (κ3) is 2.71. The van der Waals surface area contributed by atoms with Crippen LogP contribution in [0.5, 0.6) is 0 Å². The smallest absolute Gasteiger partial charge is 0.332 e. The summed E-state index contributed by atoms with van der Waals surface area (Å²) in [5.74, 6) is 0.404. The van der Waals surface area contributed by atoms with E-state index in [2.05, 4.69) is 0 Å². The highest BCUT2D eigenvalue weighted by Gasteiger charge is 2.40. The van der Waals surface area contributed by atoms with Crippen LogP contribution in [0.25, 0.3) is 11.0 Å². The first-order chi connectivity index (χ1) is 11.4. The second-order valence-electron chi connectivity index (χ2n) is 6.47. The summed E-state index contributed by atoms with van der Waals surface area (Å²) in [6, 6.07) is 5.35. The number of anilines is 1. The maximum atomic E-state index is 12.0. The van der Waals surface area contributed by atoms with Crippen LogP contribution in [0, 0.1) is 0 Å². The zero-order chi connectivity index (χ0) is 17.5. The van der Waals surface area contributed by atoms with Crippen molar-refractivity contribution in [2.45, 2.75) is 45.1 Å². The minimum atomic E-state index is -2.39. The van der Waals surface area contributed by atoms with Gasteiger partial charge in [0.1, 0.15) is 16.9 Å². The van der Waals surface area contributed by atoms with Gasteiger partial charge in [0.2, 0.25) is 0 Å². The van der Waals surface area contributed by atoms with Gasteiger partial charge in [0.05, 0.1) is 12.8 Å². The van der Waals surface area contributed by atoms with E-state index in [-0.39, 0.29) is 0 Å². The second-order valence-corrected chi connectivity index (χ2v) is 7.29. The molecule has 1 aliphatic rings.